The summed E-state index contributed by atoms with van der Waals surface area (Å²) in [5.74, 6) is -0.717. The van der Waals surface area contributed by atoms with E-state index in [0.29, 0.717) is 17.8 Å². The number of nitrogens with one attached hydrogen (secondary N) is 2. The molecule has 0 spiro atoms. The van der Waals surface area contributed by atoms with E-state index in [9.17, 15) is 13.2 Å². The van der Waals surface area contributed by atoms with Crippen LogP contribution in [0.1, 0.15) is 31.2 Å². The number of halogens is 2. The largest absolute Gasteiger partial charge is 0.460 e. The number of ether oxygens (including phenoxy) is 1. The molecular formula is C23H24Cl2N4O4S2. The van der Waals surface area contributed by atoms with Gasteiger partial charge < -0.3 is 14.5 Å². The van der Waals surface area contributed by atoms with Gasteiger partial charge in [-0.2, -0.15) is 4.72 Å². The molecule has 2 unspecified atom stereocenters. The molecule has 35 heavy (non-hydrogen) atoms. The van der Waals surface area contributed by atoms with Crippen LogP contribution in [0.15, 0.2) is 53.8 Å². The minimum absolute atomic E-state index is 0.0968. The zero-order valence-electron chi connectivity index (χ0n) is 18.8. The molecule has 1 saturated carbocycles. The molecule has 0 amide bonds. The molecule has 4 rings (SSSR count). The lowest BCUT2D eigenvalue weighted by Crippen LogP contribution is -2.54. The van der Waals surface area contributed by atoms with Crippen molar-refractivity contribution in [2.24, 2.45) is 0 Å². The highest BCUT2D eigenvalue weighted by molar-refractivity contribution is 7.89. The molecule has 0 saturated heterocycles. The molecule has 8 nitrogen and oxygen atoms in total. The fourth-order valence-corrected chi connectivity index (χ4v) is 6.63. The van der Waals surface area contributed by atoms with Crippen LogP contribution >= 0.6 is 35.4 Å². The Labute approximate surface area is 219 Å². The number of nitrogens with zero attached hydrogens (tertiary/aromatic N) is 2. The molecule has 2 heterocycles. The molecule has 0 bridgehead atoms. The first-order valence-electron chi connectivity index (χ1n) is 11.0. The van der Waals surface area contributed by atoms with Crippen molar-refractivity contribution in [2.75, 3.05) is 13.6 Å². The van der Waals surface area contributed by atoms with E-state index >= 15 is 0 Å². The first-order valence-corrected chi connectivity index (χ1v) is 13.6. The van der Waals surface area contributed by atoms with Crippen LogP contribution in [-0.2, 0) is 25.0 Å². The summed E-state index contributed by atoms with van der Waals surface area (Å²) in [5.41, 5.74) is 0.926. The van der Waals surface area contributed by atoms with Gasteiger partial charge in [-0.15, -0.1) is 0 Å². The zero-order chi connectivity index (χ0) is 25.2. The van der Waals surface area contributed by atoms with Crippen molar-refractivity contribution in [3.8, 4) is 0 Å². The van der Waals surface area contributed by atoms with Gasteiger partial charge in [-0.05, 0) is 43.0 Å². The summed E-state index contributed by atoms with van der Waals surface area (Å²) in [5, 5.41) is 3.07. The average molecular weight is 556 g/mol. The maximum absolute atomic E-state index is 12.9. The van der Waals surface area contributed by atoms with Gasteiger partial charge in [0.15, 0.2) is 0 Å². The lowest BCUT2D eigenvalue weighted by Gasteiger charge is -2.44. The van der Waals surface area contributed by atoms with E-state index in [2.05, 4.69) is 15.0 Å². The smallest absolute Gasteiger partial charge is 0.321 e. The van der Waals surface area contributed by atoms with Crippen molar-refractivity contribution >= 4 is 62.0 Å². The number of carbonyl (C=O) groups excluding carboxylic acids is 1. The number of imidazole rings is 1. The van der Waals surface area contributed by atoms with Crippen molar-refractivity contribution in [3.63, 3.8) is 0 Å². The van der Waals surface area contributed by atoms with E-state index in [1.807, 2.05) is 28.9 Å². The Bertz CT molecular complexity index is 1380. The Morgan fingerprint density at radius 1 is 1.29 bits per heavy atom. The van der Waals surface area contributed by atoms with Gasteiger partial charge in [-0.1, -0.05) is 54.0 Å². The van der Waals surface area contributed by atoms with Crippen LogP contribution in [0.2, 0.25) is 10.0 Å². The molecule has 2 aromatic heterocycles. The Morgan fingerprint density at radius 2 is 2.09 bits per heavy atom. The third-order valence-electron chi connectivity index (χ3n) is 6.26. The molecule has 186 valence electrons. The number of aromatic nitrogens is 2. The highest BCUT2D eigenvalue weighted by Gasteiger charge is 2.48. The maximum atomic E-state index is 12.9. The van der Waals surface area contributed by atoms with Crippen molar-refractivity contribution < 1.29 is 17.9 Å². The van der Waals surface area contributed by atoms with E-state index in [1.54, 1.807) is 13.2 Å². The Balaban J connectivity index is 1.57. The molecular weight excluding hydrogens is 531 g/mol. The molecule has 1 fully saturated rings. The third kappa shape index (κ3) is 5.03. The molecule has 0 aliphatic heterocycles. The number of fused-ring (bicyclic) bond motifs is 1. The summed E-state index contributed by atoms with van der Waals surface area (Å²) in [6.07, 6.45) is 7.93. The molecule has 1 aliphatic rings. The number of hydrogen-bond acceptors (Lipinski definition) is 6. The number of likely N-dealkylation sites (N-methyl/N-ethyl adjacent to an activating group) is 1. The number of carbonyl (C=O) groups is 1. The second kappa shape index (κ2) is 10.4. The normalized spacial score (nSPS) is 20.5. The Morgan fingerprint density at radius 3 is 2.86 bits per heavy atom. The van der Waals surface area contributed by atoms with E-state index in [0.717, 1.165) is 24.1 Å². The molecule has 2 N–H and O–H groups in total. The fraction of sp³-hybridized carbons (Fsp3) is 0.348. The van der Waals surface area contributed by atoms with Crippen molar-refractivity contribution in [3.05, 3.63) is 64.5 Å². The molecule has 0 radical (unpaired) electrons. The van der Waals surface area contributed by atoms with Crippen molar-refractivity contribution in [1.29, 1.82) is 0 Å². The average Bonchev–Trinajstić information content (AvgIpc) is 3.32. The van der Waals surface area contributed by atoms with Crippen LogP contribution in [0.4, 0.5) is 0 Å². The lowest BCUT2D eigenvalue weighted by atomic mass is 9.67. The first kappa shape index (κ1) is 25.8. The van der Waals surface area contributed by atoms with Gasteiger partial charge in [0.2, 0.25) is 10.0 Å². The van der Waals surface area contributed by atoms with Crippen LogP contribution in [0.25, 0.3) is 5.65 Å². The number of benzene rings is 1. The summed E-state index contributed by atoms with van der Waals surface area (Å²) < 4.78 is 35.4. The summed E-state index contributed by atoms with van der Waals surface area (Å²) in [7, 11) is -2.34. The number of pyridine rings is 1. The van der Waals surface area contributed by atoms with Gasteiger partial charge in [-0.25, -0.2) is 13.4 Å². The summed E-state index contributed by atoms with van der Waals surface area (Å²) >= 11 is 17.7. The number of hydrogen-bond donors (Lipinski definition) is 2. The van der Waals surface area contributed by atoms with E-state index < -0.39 is 34.1 Å². The highest BCUT2D eigenvalue weighted by atomic mass is 35.5. The van der Waals surface area contributed by atoms with Gasteiger partial charge in [0.1, 0.15) is 23.2 Å². The summed E-state index contributed by atoms with van der Waals surface area (Å²) in [6.45, 7) is -0.565. The SMILES string of the molecule is CNC(=S)C1(c2ccc3nccn3c2)CCCCC1OC(=O)CNS(=O)(=O)c1cccc(Cl)c1Cl. The quantitative estimate of drug-likeness (QED) is 0.337. The zero-order valence-corrected chi connectivity index (χ0v) is 22.0. The second-order valence-corrected chi connectivity index (χ2v) is 11.2. The van der Waals surface area contributed by atoms with Crippen LogP contribution in [0, 0.1) is 0 Å². The van der Waals surface area contributed by atoms with Gasteiger partial charge in [0.25, 0.3) is 0 Å². The third-order valence-corrected chi connectivity index (χ3v) is 9.20. The monoisotopic (exact) mass is 554 g/mol. The Hall–Kier alpha value is -2.24. The molecule has 3 aromatic rings. The highest BCUT2D eigenvalue weighted by Crippen LogP contribution is 2.42. The summed E-state index contributed by atoms with van der Waals surface area (Å²) in [4.78, 5) is 17.5. The second-order valence-electron chi connectivity index (χ2n) is 8.26. The maximum Gasteiger partial charge on any atom is 0.321 e. The minimum atomic E-state index is -4.08. The van der Waals surface area contributed by atoms with Crippen LogP contribution in [0.3, 0.4) is 0 Å². The van der Waals surface area contributed by atoms with Gasteiger partial charge in [-0.3, -0.25) is 4.79 Å². The molecule has 1 aromatic carbocycles. The van der Waals surface area contributed by atoms with Crippen molar-refractivity contribution in [1.82, 2.24) is 19.4 Å². The number of esters is 1. The minimum Gasteiger partial charge on any atom is -0.460 e. The van der Waals surface area contributed by atoms with Gasteiger partial charge in [0, 0.05) is 25.6 Å². The van der Waals surface area contributed by atoms with E-state index in [-0.39, 0.29) is 14.9 Å². The van der Waals surface area contributed by atoms with E-state index in [1.165, 1.54) is 18.2 Å². The van der Waals surface area contributed by atoms with Crippen molar-refractivity contribution in [2.45, 2.75) is 42.1 Å². The molecule has 1 aliphatic carbocycles. The fourth-order valence-electron chi connectivity index (χ4n) is 4.55. The van der Waals surface area contributed by atoms with Crippen LogP contribution < -0.4 is 10.0 Å². The standard InChI is InChI=1S/C23H24Cl2N4O4S2/c1-26-22(34)23(15-8-9-19-27-11-12-29(19)14-15)10-3-2-7-18(23)33-20(30)13-28-35(31,32)17-6-4-5-16(24)21(17)25/h4-6,8-9,11-12,14,18,28H,2-3,7,10,13H2,1H3,(H,26,34). The first-order chi connectivity index (χ1) is 16.7. The Kier molecular flexibility index (Phi) is 7.68. The van der Waals surface area contributed by atoms with Crippen LogP contribution in [-0.4, -0.2) is 48.5 Å². The number of sulfonamides is 1. The van der Waals surface area contributed by atoms with E-state index in [4.69, 9.17) is 40.2 Å². The predicted molar refractivity (Wildman–Crippen MR) is 139 cm³/mol. The summed E-state index contributed by atoms with van der Waals surface area (Å²) in [6, 6.07) is 8.10. The molecule has 2 atom stereocenters. The predicted octanol–water partition coefficient (Wildman–Crippen LogP) is 3.89. The van der Waals surface area contributed by atoms with Gasteiger partial charge in [0.05, 0.1) is 20.4 Å². The van der Waals surface area contributed by atoms with Crippen LogP contribution in [0.5, 0.6) is 0 Å². The molecule has 12 heteroatoms. The number of thiocarbonyl (C=S) groups is 1. The lowest BCUT2D eigenvalue weighted by molar-refractivity contribution is -0.151. The van der Waals surface area contributed by atoms with Gasteiger partial charge >= 0.3 is 5.97 Å². The number of rotatable bonds is 7. The topological polar surface area (TPSA) is 102 Å².